The normalized spacial score (nSPS) is 11.0. The molecule has 6 nitrogen and oxygen atoms in total. The summed E-state index contributed by atoms with van der Waals surface area (Å²) in [6.07, 6.45) is 2.93. The molecule has 0 unspecified atom stereocenters. The van der Waals surface area contributed by atoms with Crippen LogP contribution in [0.1, 0.15) is 43.2 Å². The van der Waals surface area contributed by atoms with Gasteiger partial charge in [0.05, 0.1) is 12.2 Å². The SMILES string of the molecule is CCOC(=O)c1cc(-c2ccc3c(c2)c(C#N)cn3CCC(C)C)on1. The highest BCUT2D eigenvalue weighted by molar-refractivity contribution is 5.91. The smallest absolute Gasteiger partial charge is 0.360 e. The molecule has 1 aromatic carbocycles. The van der Waals surface area contributed by atoms with E-state index in [1.54, 1.807) is 13.0 Å². The van der Waals surface area contributed by atoms with Gasteiger partial charge in [-0.05, 0) is 37.5 Å². The maximum Gasteiger partial charge on any atom is 0.360 e. The van der Waals surface area contributed by atoms with Crippen LogP contribution in [-0.2, 0) is 11.3 Å². The molecule has 134 valence electrons. The highest BCUT2D eigenvalue weighted by atomic mass is 16.5. The fraction of sp³-hybridized carbons (Fsp3) is 0.350. The number of hydrogen-bond acceptors (Lipinski definition) is 5. The molecule has 0 bridgehead atoms. The predicted octanol–water partition coefficient (Wildman–Crippen LogP) is 4.39. The minimum atomic E-state index is -0.513. The van der Waals surface area contributed by atoms with Crippen molar-refractivity contribution < 1.29 is 14.1 Å². The summed E-state index contributed by atoms with van der Waals surface area (Å²) in [6.45, 7) is 7.24. The van der Waals surface area contributed by atoms with E-state index in [9.17, 15) is 10.1 Å². The third kappa shape index (κ3) is 3.47. The Labute approximate surface area is 152 Å². The van der Waals surface area contributed by atoms with Gasteiger partial charge in [-0.15, -0.1) is 0 Å². The number of aryl methyl sites for hydroxylation is 1. The molecule has 0 fully saturated rings. The molecule has 2 aromatic heterocycles. The lowest BCUT2D eigenvalue weighted by atomic mass is 10.1. The molecule has 0 radical (unpaired) electrons. The molecule has 0 spiro atoms. The third-order valence-electron chi connectivity index (χ3n) is 4.23. The average Bonchev–Trinajstić information content (AvgIpc) is 3.24. The van der Waals surface area contributed by atoms with Gasteiger partial charge in [-0.1, -0.05) is 19.0 Å². The van der Waals surface area contributed by atoms with Crippen LogP contribution in [0.3, 0.4) is 0 Å². The van der Waals surface area contributed by atoms with E-state index in [0.717, 1.165) is 29.4 Å². The fourth-order valence-electron chi connectivity index (χ4n) is 2.83. The Morgan fingerprint density at radius 3 is 2.88 bits per heavy atom. The van der Waals surface area contributed by atoms with Gasteiger partial charge in [0.2, 0.25) is 0 Å². The van der Waals surface area contributed by atoms with Gasteiger partial charge in [0.15, 0.2) is 11.5 Å². The number of rotatable bonds is 6. The topological polar surface area (TPSA) is 81.0 Å². The number of fused-ring (bicyclic) bond motifs is 1. The quantitative estimate of drug-likeness (QED) is 0.615. The molecule has 3 aromatic rings. The number of carbonyl (C=O) groups is 1. The first-order chi connectivity index (χ1) is 12.5. The Balaban J connectivity index is 1.97. The predicted molar refractivity (Wildman–Crippen MR) is 97.6 cm³/mol. The maximum absolute atomic E-state index is 11.7. The Hall–Kier alpha value is -3.07. The van der Waals surface area contributed by atoms with Crippen LogP contribution in [0, 0.1) is 17.2 Å². The van der Waals surface area contributed by atoms with E-state index in [-0.39, 0.29) is 12.3 Å². The van der Waals surface area contributed by atoms with Crippen molar-refractivity contribution in [3.8, 4) is 17.4 Å². The second kappa shape index (κ2) is 7.44. The summed E-state index contributed by atoms with van der Waals surface area (Å²) >= 11 is 0. The van der Waals surface area contributed by atoms with E-state index >= 15 is 0 Å². The lowest BCUT2D eigenvalue weighted by Crippen LogP contribution is -2.04. The van der Waals surface area contributed by atoms with Gasteiger partial charge in [-0.3, -0.25) is 0 Å². The van der Waals surface area contributed by atoms with Gasteiger partial charge in [-0.25, -0.2) is 4.79 Å². The first-order valence-corrected chi connectivity index (χ1v) is 8.70. The molecule has 0 saturated heterocycles. The van der Waals surface area contributed by atoms with Crippen LogP contribution in [0.2, 0.25) is 0 Å². The van der Waals surface area contributed by atoms with E-state index in [2.05, 4.69) is 29.6 Å². The monoisotopic (exact) mass is 351 g/mol. The van der Waals surface area contributed by atoms with Crippen LogP contribution in [0.15, 0.2) is 35.0 Å². The zero-order chi connectivity index (χ0) is 18.7. The van der Waals surface area contributed by atoms with Crippen molar-refractivity contribution in [2.75, 3.05) is 6.61 Å². The molecule has 0 aliphatic heterocycles. The first-order valence-electron chi connectivity index (χ1n) is 8.70. The molecular formula is C20H21N3O3. The number of esters is 1. The third-order valence-corrected chi connectivity index (χ3v) is 4.23. The van der Waals surface area contributed by atoms with E-state index < -0.39 is 5.97 Å². The van der Waals surface area contributed by atoms with E-state index in [1.165, 1.54) is 0 Å². The summed E-state index contributed by atoms with van der Waals surface area (Å²) in [7, 11) is 0. The summed E-state index contributed by atoms with van der Waals surface area (Å²) in [4.78, 5) is 11.7. The van der Waals surface area contributed by atoms with Crippen LogP contribution in [0.5, 0.6) is 0 Å². The maximum atomic E-state index is 11.7. The molecule has 26 heavy (non-hydrogen) atoms. The minimum absolute atomic E-state index is 0.136. The Morgan fingerprint density at radius 2 is 2.19 bits per heavy atom. The fourth-order valence-corrected chi connectivity index (χ4v) is 2.83. The summed E-state index contributed by atoms with van der Waals surface area (Å²) in [6, 6.07) is 9.59. The zero-order valence-electron chi connectivity index (χ0n) is 15.2. The van der Waals surface area contributed by atoms with Crippen LogP contribution in [0.4, 0.5) is 0 Å². The van der Waals surface area contributed by atoms with Gasteiger partial charge >= 0.3 is 5.97 Å². The standard InChI is InChI=1S/C20H21N3O3/c1-4-25-20(24)17-10-19(26-22-17)14-5-6-18-16(9-14)15(11-21)12-23(18)8-7-13(2)3/h5-6,9-10,12-13H,4,7-8H2,1-3H3. The van der Waals surface area contributed by atoms with Gasteiger partial charge in [-0.2, -0.15) is 5.26 Å². The molecular weight excluding hydrogens is 330 g/mol. The van der Waals surface area contributed by atoms with Crippen LogP contribution >= 0.6 is 0 Å². The molecule has 0 atom stereocenters. The van der Waals surface area contributed by atoms with Crippen LogP contribution in [-0.4, -0.2) is 22.3 Å². The molecule has 6 heteroatoms. The Kier molecular flexibility index (Phi) is 5.08. The zero-order valence-corrected chi connectivity index (χ0v) is 15.2. The summed E-state index contributed by atoms with van der Waals surface area (Å²) in [5, 5.41) is 14.1. The van der Waals surface area contributed by atoms with E-state index in [1.807, 2.05) is 24.4 Å². The molecule has 0 aliphatic rings. The van der Waals surface area contributed by atoms with Gasteiger partial charge < -0.3 is 13.8 Å². The van der Waals surface area contributed by atoms with Crippen molar-refractivity contribution >= 4 is 16.9 Å². The van der Waals surface area contributed by atoms with Gasteiger partial charge in [0.25, 0.3) is 0 Å². The van der Waals surface area contributed by atoms with Crippen molar-refractivity contribution in [1.82, 2.24) is 9.72 Å². The van der Waals surface area contributed by atoms with E-state index in [0.29, 0.717) is 17.2 Å². The number of nitrogens with zero attached hydrogens (tertiary/aromatic N) is 3. The highest BCUT2D eigenvalue weighted by Crippen LogP contribution is 2.29. The lowest BCUT2D eigenvalue weighted by Gasteiger charge is -2.07. The molecule has 0 N–H and O–H groups in total. The van der Waals surface area contributed by atoms with Crippen LogP contribution < -0.4 is 0 Å². The van der Waals surface area contributed by atoms with Crippen molar-refractivity contribution in [3.05, 3.63) is 41.7 Å². The second-order valence-corrected chi connectivity index (χ2v) is 6.56. The van der Waals surface area contributed by atoms with Gasteiger partial charge in [0.1, 0.15) is 6.07 Å². The number of carbonyl (C=O) groups excluding carboxylic acids is 1. The average molecular weight is 351 g/mol. The highest BCUT2D eigenvalue weighted by Gasteiger charge is 2.16. The van der Waals surface area contributed by atoms with E-state index in [4.69, 9.17) is 9.26 Å². The number of nitriles is 1. The first kappa shape index (κ1) is 17.7. The number of hydrogen-bond donors (Lipinski definition) is 0. The molecule has 0 saturated carbocycles. The van der Waals surface area contributed by atoms with Crippen LogP contribution in [0.25, 0.3) is 22.2 Å². The molecule has 0 aliphatic carbocycles. The van der Waals surface area contributed by atoms with Crippen molar-refractivity contribution in [3.63, 3.8) is 0 Å². The number of ether oxygens (including phenoxy) is 1. The largest absolute Gasteiger partial charge is 0.461 e. The van der Waals surface area contributed by atoms with Crippen molar-refractivity contribution in [1.29, 1.82) is 5.26 Å². The lowest BCUT2D eigenvalue weighted by molar-refractivity contribution is 0.0514. The molecule has 0 amide bonds. The molecule has 3 rings (SSSR count). The Morgan fingerprint density at radius 1 is 1.38 bits per heavy atom. The van der Waals surface area contributed by atoms with Crippen molar-refractivity contribution in [2.45, 2.75) is 33.7 Å². The minimum Gasteiger partial charge on any atom is -0.461 e. The van der Waals surface area contributed by atoms with Gasteiger partial charge in [0, 0.05) is 35.3 Å². The van der Waals surface area contributed by atoms with Crippen molar-refractivity contribution in [2.24, 2.45) is 5.92 Å². The number of aromatic nitrogens is 2. The Bertz CT molecular complexity index is 976. The molecule has 2 heterocycles. The second-order valence-electron chi connectivity index (χ2n) is 6.56. The summed E-state index contributed by atoms with van der Waals surface area (Å²) < 4.78 is 12.3. The number of benzene rings is 1. The summed E-state index contributed by atoms with van der Waals surface area (Å²) in [5.41, 5.74) is 2.53. The summed E-state index contributed by atoms with van der Waals surface area (Å²) in [5.74, 6) is 0.544.